The quantitative estimate of drug-likeness (QED) is 0.0868. The molecule has 50 heavy (non-hydrogen) atoms. The van der Waals surface area contributed by atoms with Crippen LogP contribution < -0.4 is 21.9 Å². The van der Waals surface area contributed by atoms with E-state index in [2.05, 4.69) is 30.6 Å². The topological polar surface area (TPSA) is 225 Å². The average molecular weight is 698 g/mol. The van der Waals surface area contributed by atoms with Crippen LogP contribution >= 0.6 is 0 Å². The predicted molar refractivity (Wildman–Crippen MR) is 185 cm³/mol. The van der Waals surface area contributed by atoms with Gasteiger partial charge in [-0.25, -0.2) is 24.4 Å². The zero-order valence-corrected chi connectivity index (χ0v) is 25.0. The first-order chi connectivity index (χ1) is 23.2. The number of carbonyl (C=O) groups is 5. The van der Waals surface area contributed by atoms with Gasteiger partial charge in [-0.2, -0.15) is 4.98 Å². The fraction of sp³-hybridized carbons (Fsp3) is 0.121. The van der Waals surface area contributed by atoms with Gasteiger partial charge in [0, 0.05) is 17.7 Å². The van der Waals surface area contributed by atoms with Crippen LogP contribution in [0.15, 0.2) is 95.9 Å². The summed E-state index contributed by atoms with van der Waals surface area (Å²) < 4.78 is 9.84. The number of nitrogens with one attached hydrogen (secondary N) is 3. The van der Waals surface area contributed by atoms with E-state index in [-0.39, 0.29) is 106 Å². The standard InChI is InChI=1S/C33H27N7O8.2Na.2H/c34-33-39-27-26(29(43)40-33)37-23(18-36-27)17-35-22-13-11-19(12-14-22)28(42)38-24(32(46)48-31(45)21-9-5-2-6-10-21)15-16-25(41)47-30(44)20-7-3-1-4-8-20;;;;/h1-14,18,24,35H,15-17H2,(H,38,42)(H3,34,36,39,40,43);;;;/t24-;;;;/m0..../s1. The molecule has 0 radical (unpaired) electrons. The molecule has 5 aromatic rings. The fourth-order valence-electron chi connectivity index (χ4n) is 4.33. The summed E-state index contributed by atoms with van der Waals surface area (Å²) in [6.07, 6.45) is 0.681. The van der Waals surface area contributed by atoms with E-state index in [1.54, 1.807) is 48.5 Å². The van der Waals surface area contributed by atoms with Gasteiger partial charge in [-0.1, -0.05) is 36.4 Å². The molecule has 0 aliphatic rings. The molecule has 3 aromatic carbocycles. The SMILES string of the molecule is Nc1nc(=O)c2nc(CNc3ccc(C(=O)N[C@@H](CCC(=O)OC(=O)c4ccccc4)C(=O)OC(=O)c4ccccc4)cc3)cnc2[nH]1.[NaH].[NaH]. The van der Waals surface area contributed by atoms with Gasteiger partial charge in [0.05, 0.1) is 29.6 Å². The number of benzene rings is 3. The van der Waals surface area contributed by atoms with Crippen LogP contribution in [0.3, 0.4) is 0 Å². The summed E-state index contributed by atoms with van der Waals surface area (Å²) in [5.74, 6) is -4.64. The van der Waals surface area contributed by atoms with Crippen LogP contribution in [0.1, 0.15) is 49.6 Å². The van der Waals surface area contributed by atoms with Crippen molar-refractivity contribution in [3.8, 4) is 0 Å². The Kier molecular flexibility index (Phi) is 14.9. The first-order valence-electron chi connectivity index (χ1n) is 14.4. The van der Waals surface area contributed by atoms with Crippen LogP contribution in [0.5, 0.6) is 0 Å². The summed E-state index contributed by atoms with van der Waals surface area (Å²) in [5.41, 5.74) is 6.60. The van der Waals surface area contributed by atoms with Crippen molar-refractivity contribution in [3.05, 3.63) is 124 Å². The van der Waals surface area contributed by atoms with Gasteiger partial charge in [0.15, 0.2) is 11.2 Å². The molecule has 5 N–H and O–H groups in total. The second-order valence-corrected chi connectivity index (χ2v) is 10.2. The Bertz CT molecular complexity index is 2050. The summed E-state index contributed by atoms with van der Waals surface area (Å²) >= 11 is 0. The third-order valence-electron chi connectivity index (χ3n) is 6.76. The fourth-order valence-corrected chi connectivity index (χ4v) is 4.33. The number of nitrogens with two attached hydrogens (primary N) is 1. The number of hydrogen-bond donors (Lipinski definition) is 4. The van der Waals surface area contributed by atoms with Crippen molar-refractivity contribution in [1.29, 1.82) is 0 Å². The molecule has 0 aliphatic heterocycles. The molecule has 0 aliphatic carbocycles. The number of fused-ring (bicyclic) bond motifs is 1. The number of aromatic nitrogens is 4. The van der Waals surface area contributed by atoms with Crippen molar-refractivity contribution < 1.29 is 33.4 Å². The van der Waals surface area contributed by atoms with E-state index in [0.717, 1.165) is 0 Å². The molecule has 1 atom stereocenters. The van der Waals surface area contributed by atoms with Crippen LogP contribution in [0.4, 0.5) is 11.6 Å². The molecule has 0 fully saturated rings. The van der Waals surface area contributed by atoms with Crippen molar-refractivity contribution in [2.45, 2.75) is 25.4 Å². The molecule has 246 valence electrons. The van der Waals surface area contributed by atoms with Gasteiger partial charge in [-0.15, -0.1) is 0 Å². The number of anilines is 2. The Morgan fingerprint density at radius 3 is 2.00 bits per heavy atom. The summed E-state index contributed by atoms with van der Waals surface area (Å²) in [4.78, 5) is 90.1. The molecule has 0 saturated heterocycles. The molecule has 0 saturated carbocycles. The van der Waals surface area contributed by atoms with E-state index in [1.807, 2.05) is 0 Å². The third-order valence-corrected chi connectivity index (χ3v) is 6.76. The number of nitrogens with zero attached hydrogens (tertiary/aromatic N) is 3. The van der Waals surface area contributed by atoms with E-state index in [1.165, 1.54) is 42.6 Å². The summed E-state index contributed by atoms with van der Waals surface area (Å²) in [6.45, 7) is 0.185. The van der Waals surface area contributed by atoms with E-state index < -0.39 is 47.8 Å². The Hall–Kier alpha value is -4.77. The second-order valence-electron chi connectivity index (χ2n) is 10.2. The van der Waals surface area contributed by atoms with Crippen molar-refractivity contribution in [1.82, 2.24) is 25.3 Å². The molecule has 0 spiro atoms. The van der Waals surface area contributed by atoms with Crippen LogP contribution in [0.2, 0.25) is 0 Å². The van der Waals surface area contributed by atoms with Crippen LogP contribution in [-0.4, -0.2) is 115 Å². The Morgan fingerprint density at radius 2 is 1.38 bits per heavy atom. The number of ether oxygens (including phenoxy) is 2. The van der Waals surface area contributed by atoms with Crippen LogP contribution in [-0.2, 0) is 25.6 Å². The molecular weight excluding hydrogens is 668 g/mol. The van der Waals surface area contributed by atoms with Gasteiger partial charge in [0.25, 0.3) is 5.91 Å². The number of hydrogen-bond acceptors (Lipinski definition) is 13. The zero-order valence-electron chi connectivity index (χ0n) is 25.0. The number of carbonyl (C=O) groups excluding carboxylic acids is 5. The number of H-pyrrole nitrogens is 1. The molecule has 17 heteroatoms. The van der Waals surface area contributed by atoms with Gasteiger partial charge >= 0.3 is 88.6 Å². The van der Waals surface area contributed by atoms with Crippen LogP contribution in [0.25, 0.3) is 11.2 Å². The monoisotopic (exact) mass is 697 g/mol. The number of nitrogen functional groups attached to an aromatic ring is 1. The van der Waals surface area contributed by atoms with Crippen LogP contribution in [0, 0.1) is 0 Å². The maximum absolute atomic E-state index is 13.1. The van der Waals surface area contributed by atoms with Crippen molar-refractivity contribution >= 4 is 112 Å². The number of amides is 1. The minimum absolute atomic E-state index is 0. The number of aromatic amines is 1. The van der Waals surface area contributed by atoms with Gasteiger partial charge in [0.2, 0.25) is 5.95 Å². The maximum atomic E-state index is 13.1. The number of esters is 4. The Balaban J connectivity index is 0.00000338. The van der Waals surface area contributed by atoms with E-state index >= 15 is 0 Å². The zero-order chi connectivity index (χ0) is 34.0. The van der Waals surface area contributed by atoms with Crippen molar-refractivity contribution in [2.75, 3.05) is 11.1 Å². The van der Waals surface area contributed by atoms with E-state index in [4.69, 9.17) is 15.2 Å². The summed E-state index contributed by atoms with van der Waals surface area (Å²) in [5, 5.41) is 5.59. The molecule has 1 amide bonds. The first-order valence-corrected chi connectivity index (χ1v) is 14.4. The average Bonchev–Trinajstić information content (AvgIpc) is 3.10. The van der Waals surface area contributed by atoms with Crippen molar-refractivity contribution in [3.63, 3.8) is 0 Å². The molecular formula is C33H29N7Na2O8. The van der Waals surface area contributed by atoms with Gasteiger partial charge in [-0.05, 0) is 55.0 Å². The number of rotatable bonds is 11. The molecule has 15 nitrogen and oxygen atoms in total. The molecule has 0 bridgehead atoms. The molecule has 2 aromatic heterocycles. The van der Waals surface area contributed by atoms with Gasteiger partial charge in [-0.3, -0.25) is 14.4 Å². The van der Waals surface area contributed by atoms with Crippen molar-refractivity contribution in [2.24, 2.45) is 0 Å². The Labute approximate surface area is 328 Å². The summed E-state index contributed by atoms with van der Waals surface area (Å²) in [6, 6.07) is 20.3. The predicted octanol–water partition coefficient (Wildman–Crippen LogP) is 1.26. The summed E-state index contributed by atoms with van der Waals surface area (Å²) in [7, 11) is 0. The van der Waals surface area contributed by atoms with E-state index in [9.17, 15) is 28.8 Å². The third kappa shape index (κ3) is 10.9. The normalized spacial score (nSPS) is 10.8. The van der Waals surface area contributed by atoms with Gasteiger partial charge < -0.3 is 30.8 Å². The molecule has 2 heterocycles. The Morgan fingerprint density at radius 1 is 0.780 bits per heavy atom. The second kappa shape index (κ2) is 18.8. The molecule has 0 unspecified atom stereocenters. The van der Waals surface area contributed by atoms with Gasteiger partial charge in [0.1, 0.15) is 6.04 Å². The minimum atomic E-state index is -1.44. The first kappa shape index (κ1) is 39.7. The molecule has 5 rings (SSSR count). The van der Waals surface area contributed by atoms with E-state index in [0.29, 0.717) is 11.4 Å².